The minimum Gasteiger partial charge on any atom is -0.367 e. The lowest BCUT2D eigenvalue weighted by molar-refractivity contribution is -0.138. The van der Waals surface area contributed by atoms with E-state index >= 15 is 0 Å². The Labute approximate surface area is 56.6 Å². The van der Waals surface area contributed by atoms with Gasteiger partial charge in [-0.05, 0) is 20.7 Å². The van der Waals surface area contributed by atoms with E-state index in [0.717, 1.165) is 0 Å². The molecule has 0 aliphatic rings. The summed E-state index contributed by atoms with van der Waals surface area (Å²) in [5, 5.41) is 0. The standard InChI is InChI=1S/C6H13NO2/c1-4-9-6(2,3)5(7)8/h4H2,1-3H3,(H2,7,8)/i1D. The number of hydrogen-bond acceptors (Lipinski definition) is 2. The normalized spacial score (nSPS) is 12.9. The number of carbonyl (C=O) groups excluding carboxylic acids is 1. The Hall–Kier alpha value is -0.570. The number of ether oxygens (including phenoxy) is 1. The van der Waals surface area contributed by atoms with Crippen LogP contribution in [-0.4, -0.2) is 18.1 Å². The van der Waals surface area contributed by atoms with Crippen molar-refractivity contribution in [1.82, 2.24) is 0 Å². The van der Waals surface area contributed by atoms with E-state index in [1.807, 2.05) is 0 Å². The summed E-state index contributed by atoms with van der Waals surface area (Å²) >= 11 is 0. The molecule has 0 atom stereocenters. The molecule has 54 valence electrons. The molecule has 0 aliphatic carbocycles. The molecule has 0 aliphatic heterocycles. The van der Waals surface area contributed by atoms with Crippen LogP contribution in [0, 0.1) is 0 Å². The Bertz CT molecular complexity index is 125. The van der Waals surface area contributed by atoms with Crippen LogP contribution < -0.4 is 5.73 Å². The zero-order valence-electron chi connectivity index (χ0n) is 6.81. The highest BCUT2D eigenvalue weighted by molar-refractivity contribution is 5.82. The first-order valence-corrected chi connectivity index (χ1v) is 2.74. The van der Waals surface area contributed by atoms with Crippen molar-refractivity contribution in [2.24, 2.45) is 5.73 Å². The molecule has 3 nitrogen and oxygen atoms in total. The SMILES string of the molecule is [2H]CCOC(C)(C)C(N)=O. The molecule has 0 rings (SSSR count). The van der Waals surface area contributed by atoms with Crippen molar-refractivity contribution in [3.8, 4) is 0 Å². The van der Waals surface area contributed by atoms with Crippen molar-refractivity contribution in [3.05, 3.63) is 0 Å². The monoisotopic (exact) mass is 132 g/mol. The Morgan fingerprint density at radius 3 is 2.78 bits per heavy atom. The number of carbonyl (C=O) groups is 1. The maximum Gasteiger partial charge on any atom is 0.249 e. The molecule has 2 N–H and O–H groups in total. The fourth-order valence-corrected chi connectivity index (χ4v) is 0.326. The molecular weight excluding hydrogens is 118 g/mol. The van der Waals surface area contributed by atoms with Gasteiger partial charge < -0.3 is 10.5 Å². The smallest absolute Gasteiger partial charge is 0.249 e. The van der Waals surface area contributed by atoms with Crippen LogP contribution in [0.25, 0.3) is 0 Å². The molecule has 0 aromatic carbocycles. The van der Waals surface area contributed by atoms with Gasteiger partial charge in [-0.15, -0.1) is 0 Å². The van der Waals surface area contributed by atoms with Gasteiger partial charge in [0.25, 0.3) is 0 Å². The molecule has 1 amide bonds. The van der Waals surface area contributed by atoms with Gasteiger partial charge in [-0.2, -0.15) is 0 Å². The molecular formula is C6H13NO2. The van der Waals surface area contributed by atoms with Gasteiger partial charge in [-0.3, -0.25) is 4.79 Å². The molecule has 0 radical (unpaired) electrons. The van der Waals surface area contributed by atoms with E-state index in [4.69, 9.17) is 11.8 Å². The van der Waals surface area contributed by atoms with Crippen molar-refractivity contribution in [2.45, 2.75) is 26.3 Å². The van der Waals surface area contributed by atoms with Crippen molar-refractivity contribution in [1.29, 1.82) is 0 Å². The number of primary amides is 1. The van der Waals surface area contributed by atoms with Crippen LogP contribution in [0.2, 0.25) is 0 Å². The summed E-state index contributed by atoms with van der Waals surface area (Å²) in [6.07, 6.45) is 0. The number of rotatable bonds is 3. The third-order valence-electron chi connectivity index (χ3n) is 1.06. The van der Waals surface area contributed by atoms with Crippen LogP contribution in [0.4, 0.5) is 0 Å². The Kier molecular flexibility index (Phi) is 2.05. The minimum absolute atomic E-state index is 0.150. The predicted octanol–water partition coefficient (Wildman–Crippen LogP) is 0.287. The second-order valence-electron chi connectivity index (χ2n) is 2.22. The highest BCUT2D eigenvalue weighted by Crippen LogP contribution is 2.06. The zero-order chi connectivity index (χ0) is 8.20. The lowest BCUT2D eigenvalue weighted by Crippen LogP contribution is -2.40. The molecule has 9 heavy (non-hydrogen) atoms. The van der Waals surface area contributed by atoms with E-state index in [-0.39, 0.29) is 13.5 Å². The second-order valence-corrected chi connectivity index (χ2v) is 2.22. The van der Waals surface area contributed by atoms with Crippen molar-refractivity contribution in [2.75, 3.05) is 6.61 Å². The molecule has 0 saturated heterocycles. The summed E-state index contributed by atoms with van der Waals surface area (Å²) < 4.78 is 11.7. The van der Waals surface area contributed by atoms with Crippen molar-refractivity contribution < 1.29 is 10.9 Å². The summed E-state index contributed by atoms with van der Waals surface area (Å²) in [7, 11) is 0. The van der Waals surface area contributed by atoms with Crippen molar-refractivity contribution >= 4 is 5.91 Å². The Balaban J connectivity index is 3.75. The van der Waals surface area contributed by atoms with Gasteiger partial charge in [0.15, 0.2) is 0 Å². The topological polar surface area (TPSA) is 52.3 Å². The van der Waals surface area contributed by atoms with Gasteiger partial charge >= 0.3 is 0 Å². The Morgan fingerprint density at radius 1 is 1.89 bits per heavy atom. The average molecular weight is 132 g/mol. The molecule has 0 bridgehead atoms. The first-order chi connectivity index (χ1) is 4.50. The van der Waals surface area contributed by atoms with Crippen LogP contribution in [0.1, 0.15) is 22.1 Å². The third kappa shape index (κ3) is 2.46. The summed E-state index contributed by atoms with van der Waals surface area (Å²) in [5.74, 6) is -0.499. The predicted molar refractivity (Wildman–Crippen MR) is 34.9 cm³/mol. The fourth-order valence-electron chi connectivity index (χ4n) is 0.326. The maximum absolute atomic E-state index is 10.6. The lowest BCUT2D eigenvalue weighted by Gasteiger charge is -2.19. The summed E-state index contributed by atoms with van der Waals surface area (Å²) in [6.45, 7) is 3.57. The van der Waals surface area contributed by atoms with Crippen LogP contribution >= 0.6 is 0 Å². The number of amides is 1. The van der Waals surface area contributed by atoms with E-state index in [1.54, 1.807) is 13.8 Å². The first kappa shape index (κ1) is 6.55. The summed E-state index contributed by atoms with van der Waals surface area (Å²) in [4.78, 5) is 10.6. The number of hydrogen-bond donors (Lipinski definition) is 1. The van der Waals surface area contributed by atoms with Crippen LogP contribution in [0.15, 0.2) is 0 Å². The number of nitrogens with two attached hydrogens (primary N) is 1. The van der Waals surface area contributed by atoms with E-state index in [0.29, 0.717) is 0 Å². The van der Waals surface area contributed by atoms with Crippen LogP contribution in [0.5, 0.6) is 0 Å². The molecule has 0 fully saturated rings. The second kappa shape index (κ2) is 2.82. The third-order valence-corrected chi connectivity index (χ3v) is 1.06. The quantitative estimate of drug-likeness (QED) is 0.600. The van der Waals surface area contributed by atoms with E-state index in [2.05, 4.69) is 0 Å². The van der Waals surface area contributed by atoms with Gasteiger partial charge in [0.1, 0.15) is 5.60 Å². The van der Waals surface area contributed by atoms with E-state index < -0.39 is 11.5 Å². The Morgan fingerprint density at radius 2 is 2.44 bits per heavy atom. The average Bonchev–Trinajstić information content (AvgIpc) is 1.84. The fraction of sp³-hybridized carbons (Fsp3) is 0.833. The van der Waals surface area contributed by atoms with Gasteiger partial charge in [0.2, 0.25) is 5.91 Å². The molecule has 0 spiro atoms. The van der Waals surface area contributed by atoms with Gasteiger partial charge in [-0.1, -0.05) is 0 Å². The maximum atomic E-state index is 10.6. The zero-order valence-corrected chi connectivity index (χ0v) is 5.81. The molecule has 0 heterocycles. The highest BCUT2D eigenvalue weighted by atomic mass is 16.5. The molecule has 0 unspecified atom stereocenters. The summed E-state index contributed by atoms with van der Waals surface area (Å²) in [6, 6.07) is 0. The van der Waals surface area contributed by atoms with E-state index in [9.17, 15) is 4.79 Å². The molecule has 0 aromatic rings. The van der Waals surface area contributed by atoms with E-state index in [1.165, 1.54) is 0 Å². The van der Waals surface area contributed by atoms with Crippen LogP contribution in [-0.2, 0) is 9.53 Å². The minimum atomic E-state index is -0.930. The lowest BCUT2D eigenvalue weighted by atomic mass is 10.1. The van der Waals surface area contributed by atoms with Gasteiger partial charge in [-0.25, -0.2) is 0 Å². The van der Waals surface area contributed by atoms with Gasteiger partial charge in [0.05, 0.1) is 0 Å². The highest BCUT2D eigenvalue weighted by Gasteiger charge is 2.24. The summed E-state index contributed by atoms with van der Waals surface area (Å²) in [5.41, 5.74) is 4.06. The van der Waals surface area contributed by atoms with Crippen molar-refractivity contribution in [3.63, 3.8) is 0 Å². The van der Waals surface area contributed by atoms with Crippen LogP contribution in [0.3, 0.4) is 0 Å². The molecule has 0 saturated carbocycles. The molecule has 0 aromatic heterocycles. The van der Waals surface area contributed by atoms with Gasteiger partial charge in [0, 0.05) is 7.98 Å². The molecule has 3 heteroatoms. The first-order valence-electron chi connectivity index (χ1n) is 3.44. The largest absolute Gasteiger partial charge is 0.367 e.